The van der Waals surface area contributed by atoms with Gasteiger partial charge in [0.15, 0.2) is 0 Å². The highest BCUT2D eigenvalue weighted by atomic mass is 35.5. The second-order valence-corrected chi connectivity index (χ2v) is 5.01. The fourth-order valence-corrected chi connectivity index (χ4v) is 2.20. The lowest BCUT2D eigenvalue weighted by atomic mass is 10.1. The van der Waals surface area contributed by atoms with Crippen LogP contribution in [-0.2, 0) is 5.92 Å². The fraction of sp³-hybridized carbons (Fsp3) is 0.154. The first kappa shape index (κ1) is 13.7. The summed E-state index contributed by atoms with van der Waals surface area (Å²) in [7, 11) is 0. The number of halogens is 3. The van der Waals surface area contributed by atoms with Gasteiger partial charge in [-0.25, -0.2) is 4.79 Å². The molecular weight excluding hydrogens is 302 g/mol. The number of benzene rings is 1. The molecule has 2 aromatic heterocycles. The van der Waals surface area contributed by atoms with Gasteiger partial charge in [0.25, 0.3) is 5.92 Å². The van der Waals surface area contributed by atoms with Crippen LogP contribution in [-0.4, -0.2) is 19.9 Å². The van der Waals surface area contributed by atoms with Gasteiger partial charge in [-0.15, -0.1) is 0 Å². The Kier molecular flexibility index (Phi) is 3.02. The van der Waals surface area contributed by atoms with Crippen molar-refractivity contribution in [1.29, 1.82) is 0 Å². The molecule has 0 amide bonds. The van der Waals surface area contributed by atoms with E-state index in [0.29, 0.717) is 27.3 Å². The maximum atomic E-state index is 13.1. The van der Waals surface area contributed by atoms with Crippen molar-refractivity contribution in [2.75, 3.05) is 0 Å². The van der Waals surface area contributed by atoms with Crippen molar-refractivity contribution in [3.8, 4) is 11.3 Å². The number of nitrogens with one attached hydrogen (secondary N) is 2. The Bertz CT molecular complexity index is 864. The SMILES string of the molecule is CC(F)(F)c1cnc(-c2ccc(Cl)c3[nH]c(=O)[nH]c23)cn1. The molecule has 3 aromatic rings. The second-order valence-electron chi connectivity index (χ2n) is 4.60. The van der Waals surface area contributed by atoms with Gasteiger partial charge >= 0.3 is 5.69 Å². The Labute approximate surface area is 122 Å². The third kappa shape index (κ3) is 2.40. The van der Waals surface area contributed by atoms with Crippen LogP contribution in [0.5, 0.6) is 0 Å². The van der Waals surface area contributed by atoms with Crippen LogP contribution in [0.1, 0.15) is 12.6 Å². The number of H-pyrrole nitrogens is 2. The molecule has 0 saturated carbocycles. The van der Waals surface area contributed by atoms with Crippen LogP contribution in [0.3, 0.4) is 0 Å². The zero-order chi connectivity index (χ0) is 15.2. The van der Waals surface area contributed by atoms with Crippen molar-refractivity contribution in [3.63, 3.8) is 0 Å². The largest absolute Gasteiger partial charge is 0.323 e. The van der Waals surface area contributed by atoms with Crippen molar-refractivity contribution < 1.29 is 8.78 Å². The van der Waals surface area contributed by atoms with Crippen LogP contribution < -0.4 is 5.69 Å². The summed E-state index contributed by atoms with van der Waals surface area (Å²) >= 11 is 5.99. The van der Waals surface area contributed by atoms with Gasteiger partial charge in [0.1, 0.15) is 5.69 Å². The van der Waals surface area contributed by atoms with E-state index < -0.39 is 17.3 Å². The van der Waals surface area contributed by atoms with Crippen LogP contribution in [0.2, 0.25) is 5.02 Å². The summed E-state index contributed by atoms with van der Waals surface area (Å²) in [5, 5.41) is 0.372. The number of aromatic nitrogens is 4. The maximum Gasteiger partial charge on any atom is 0.323 e. The van der Waals surface area contributed by atoms with Crippen LogP contribution in [0.25, 0.3) is 22.3 Å². The molecule has 2 N–H and O–H groups in total. The van der Waals surface area contributed by atoms with E-state index >= 15 is 0 Å². The van der Waals surface area contributed by atoms with Gasteiger partial charge in [0.05, 0.1) is 34.1 Å². The van der Waals surface area contributed by atoms with Crippen LogP contribution in [0.15, 0.2) is 29.3 Å². The van der Waals surface area contributed by atoms with E-state index in [1.54, 1.807) is 12.1 Å². The Hall–Kier alpha value is -2.28. The smallest absolute Gasteiger partial charge is 0.305 e. The molecule has 0 spiro atoms. The maximum absolute atomic E-state index is 13.1. The van der Waals surface area contributed by atoms with E-state index in [2.05, 4.69) is 19.9 Å². The number of imidazole rings is 1. The fourth-order valence-electron chi connectivity index (χ4n) is 1.99. The van der Waals surface area contributed by atoms with Gasteiger partial charge in [0, 0.05) is 12.5 Å². The summed E-state index contributed by atoms with van der Waals surface area (Å²) in [4.78, 5) is 24.3. The first-order chi connectivity index (χ1) is 9.86. The van der Waals surface area contributed by atoms with Crippen molar-refractivity contribution in [1.82, 2.24) is 19.9 Å². The average Bonchev–Trinajstić information content (AvgIpc) is 2.81. The highest BCUT2D eigenvalue weighted by Gasteiger charge is 2.26. The third-order valence-electron chi connectivity index (χ3n) is 3.01. The molecular formula is C13H9ClF2N4O. The summed E-state index contributed by atoms with van der Waals surface area (Å²) in [5.41, 5.74) is 0.970. The Balaban J connectivity index is 2.17. The van der Waals surface area contributed by atoms with Gasteiger partial charge in [-0.3, -0.25) is 9.97 Å². The number of rotatable bonds is 2. The first-order valence-electron chi connectivity index (χ1n) is 5.97. The molecule has 0 bridgehead atoms. The molecule has 0 atom stereocenters. The lowest BCUT2D eigenvalue weighted by molar-refractivity contribution is 0.0124. The third-order valence-corrected chi connectivity index (χ3v) is 3.32. The molecule has 21 heavy (non-hydrogen) atoms. The number of alkyl halides is 2. The van der Waals surface area contributed by atoms with Gasteiger partial charge < -0.3 is 9.97 Å². The topological polar surface area (TPSA) is 74.4 Å². The molecule has 0 radical (unpaired) electrons. The van der Waals surface area contributed by atoms with E-state index in [9.17, 15) is 13.6 Å². The van der Waals surface area contributed by atoms with Crippen molar-refractivity contribution in [2.45, 2.75) is 12.8 Å². The summed E-state index contributed by atoms with van der Waals surface area (Å²) in [6, 6.07) is 3.23. The zero-order valence-corrected chi connectivity index (χ0v) is 11.5. The van der Waals surface area contributed by atoms with Crippen LogP contribution in [0, 0.1) is 0 Å². The highest BCUT2D eigenvalue weighted by Crippen LogP contribution is 2.30. The van der Waals surface area contributed by atoms with E-state index in [1.807, 2.05) is 0 Å². The van der Waals surface area contributed by atoms with Crippen molar-refractivity contribution in [3.05, 3.63) is 45.7 Å². The van der Waals surface area contributed by atoms with Gasteiger partial charge in [-0.1, -0.05) is 11.6 Å². The number of aromatic amines is 2. The Morgan fingerprint density at radius 3 is 2.48 bits per heavy atom. The van der Waals surface area contributed by atoms with Gasteiger partial charge in [-0.2, -0.15) is 8.78 Å². The van der Waals surface area contributed by atoms with Crippen molar-refractivity contribution in [2.24, 2.45) is 0 Å². The van der Waals surface area contributed by atoms with E-state index in [4.69, 9.17) is 11.6 Å². The van der Waals surface area contributed by atoms with Gasteiger partial charge in [-0.05, 0) is 12.1 Å². The quantitative estimate of drug-likeness (QED) is 0.764. The number of fused-ring (bicyclic) bond motifs is 1. The van der Waals surface area contributed by atoms with E-state index in [0.717, 1.165) is 13.1 Å². The minimum Gasteiger partial charge on any atom is -0.305 e. The minimum absolute atomic E-state index is 0.361. The zero-order valence-electron chi connectivity index (χ0n) is 10.7. The molecule has 0 fully saturated rings. The molecule has 5 nitrogen and oxygen atoms in total. The van der Waals surface area contributed by atoms with E-state index in [-0.39, 0.29) is 0 Å². The highest BCUT2D eigenvalue weighted by molar-refractivity contribution is 6.35. The van der Waals surface area contributed by atoms with Crippen LogP contribution >= 0.6 is 11.6 Å². The molecule has 108 valence electrons. The predicted molar refractivity (Wildman–Crippen MR) is 74.5 cm³/mol. The van der Waals surface area contributed by atoms with Crippen molar-refractivity contribution >= 4 is 22.6 Å². The van der Waals surface area contributed by atoms with Crippen LogP contribution in [0.4, 0.5) is 8.78 Å². The van der Waals surface area contributed by atoms with Gasteiger partial charge in [0.2, 0.25) is 0 Å². The average molecular weight is 311 g/mol. The number of hydrogen-bond acceptors (Lipinski definition) is 3. The Morgan fingerprint density at radius 2 is 1.86 bits per heavy atom. The van der Waals surface area contributed by atoms with E-state index in [1.165, 1.54) is 6.20 Å². The molecule has 1 aromatic carbocycles. The molecule has 0 aliphatic rings. The second kappa shape index (κ2) is 4.63. The molecule has 0 aliphatic carbocycles. The summed E-state index contributed by atoms with van der Waals surface area (Å²) < 4.78 is 26.3. The summed E-state index contributed by atoms with van der Waals surface area (Å²) in [5.74, 6) is -3.05. The summed E-state index contributed by atoms with van der Waals surface area (Å²) in [6.45, 7) is 0.751. The molecule has 8 heteroatoms. The standard InChI is InChI=1S/C13H9ClF2N4O/c1-13(15,16)9-5-17-8(4-18-9)6-2-3-7(14)11-10(6)19-12(21)20-11/h2-5H,1H3,(H2,19,20,21). The molecule has 2 heterocycles. The Morgan fingerprint density at radius 1 is 1.14 bits per heavy atom. The molecule has 3 rings (SSSR count). The predicted octanol–water partition coefficient (Wildman–Crippen LogP) is 3.08. The lowest BCUT2D eigenvalue weighted by Crippen LogP contribution is -2.10. The molecule has 0 aliphatic heterocycles. The number of nitrogens with zero attached hydrogens (tertiary/aromatic N) is 2. The summed E-state index contributed by atoms with van der Waals surface area (Å²) in [6.07, 6.45) is 2.25. The molecule has 0 saturated heterocycles. The number of hydrogen-bond donors (Lipinski definition) is 2. The monoisotopic (exact) mass is 310 g/mol. The minimum atomic E-state index is -3.05. The first-order valence-corrected chi connectivity index (χ1v) is 6.35. The molecule has 0 unspecified atom stereocenters. The normalized spacial score (nSPS) is 12.0. The lowest BCUT2D eigenvalue weighted by Gasteiger charge is -2.09.